The molecule has 0 spiro atoms. The summed E-state index contributed by atoms with van der Waals surface area (Å²) in [5, 5.41) is 13.2. The zero-order chi connectivity index (χ0) is 20.9. The second kappa shape index (κ2) is 8.38. The summed E-state index contributed by atoms with van der Waals surface area (Å²) < 4.78 is 12.0. The number of carbonyl (C=O) groups is 2. The van der Waals surface area contributed by atoms with Crippen molar-refractivity contribution in [3.8, 4) is 5.75 Å². The lowest BCUT2D eigenvalue weighted by Gasteiger charge is -2.19. The number of benzene rings is 1. The zero-order valence-corrected chi connectivity index (χ0v) is 16.0. The summed E-state index contributed by atoms with van der Waals surface area (Å²) in [6.07, 6.45) is 3.83. The number of non-ortho nitro benzene ring substituents is 1. The maximum atomic E-state index is 11.9. The molecule has 0 unspecified atom stereocenters. The smallest absolute Gasteiger partial charge is 0.412 e. The van der Waals surface area contributed by atoms with Crippen molar-refractivity contribution in [3.63, 3.8) is 0 Å². The van der Waals surface area contributed by atoms with Crippen LogP contribution in [-0.4, -0.2) is 27.2 Å². The number of rotatable bonds is 5. The maximum Gasteiger partial charge on any atom is 0.412 e. The van der Waals surface area contributed by atoms with Crippen molar-refractivity contribution < 1.29 is 24.0 Å². The molecule has 1 aromatic heterocycles. The minimum absolute atomic E-state index is 0.0934. The number of nitrogens with zero attached hydrogens (tertiary/aromatic N) is 2. The van der Waals surface area contributed by atoms with Crippen molar-refractivity contribution >= 4 is 29.5 Å². The van der Waals surface area contributed by atoms with Gasteiger partial charge < -0.3 is 14.0 Å². The number of aryl methyl sites for hydroxylation is 1. The Bertz CT molecular complexity index is 907. The highest BCUT2D eigenvalue weighted by molar-refractivity contribution is 5.89. The molecule has 0 saturated heterocycles. The van der Waals surface area contributed by atoms with Gasteiger partial charge in [-0.15, -0.1) is 0 Å². The molecular weight excluding hydrogens is 366 g/mol. The largest absolute Gasteiger partial charge is 0.444 e. The molecule has 28 heavy (non-hydrogen) atoms. The minimum Gasteiger partial charge on any atom is -0.444 e. The van der Waals surface area contributed by atoms with Crippen molar-refractivity contribution in [1.29, 1.82) is 0 Å². The highest BCUT2D eigenvalue weighted by Gasteiger charge is 2.16. The topological polar surface area (TPSA) is 113 Å². The molecule has 0 atom stereocenters. The molecule has 0 fully saturated rings. The lowest BCUT2D eigenvalue weighted by Crippen LogP contribution is -2.27. The van der Waals surface area contributed by atoms with Crippen LogP contribution in [0.2, 0.25) is 0 Å². The number of anilines is 1. The zero-order valence-electron chi connectivity index (χ0n) is 16.0. The molecule has 1 N–H and O–H groups in total. The van der Waals surface area contributed by atoms with Gasteiger partial charge in [0.1, 0.15) is 11.4 Å². The van der Waals surface area contributed by atoms with Crippen LogP contribution < -0.4 is 10.1 Å². The second-order valence-corrected chi connectivity index (χ2v) is 6.90. The Hall–Kier alpha value is -3.62. The van der Waals surface area contributed by atoms with Crippen molar-refractivity contribution in [2.24, 2.45) is 7.05 Å². The Morgan fingerprint density at radius 2 is 1.86 bits per heavy atom. The summed E-state index contributed by atoms with van der Waals surface area (Å²) in [6.45, 7) is 5.30. The van der Waals surface area contributed by atoms with Gasteiger partial charge in [-0.3, -0.25) is 15.4 Å². The Labute approximate surface area is 161 Å². The fourth-order valence-corrected chi connectivity index (χ4v) is 2.18. The van der Waals surface area contributed by atoms with Crippen LogP contribution in [0.15, 0.2) is 42.6 Å². The molecular formula is C19H21N3O6. The van der Waals surface area contributed by atoms with E-state index in [1.807, 2.05) is 0 Å². The molecule has 1 heterocycles. The number of hydrogen-bond acceptors (Lipinski definition) is 6. The summed E-state index contributed by atoms with van der Waals surface area (Å²) >= 11 is 0. The van der Waals surface area contributed by atoms with Crippen LogP contribution in [0.1, 0.15) is 26.5 Å². The lowest BCUT2D eigenvalue weighted by atomic mass is 10.2. The number of aromatic nitrogens is 1. The standard InChI is InChI=1S/C19H21N3O6/c1-19(2,3)28-18(24)20-13-11-15(21(4)12-13)7-10-17(23)27-16-8-5-14(6-9-16)22(25)26/h5-12H,1-4H3,(H,20,24)/b10-7+. The van der Waals surface area contributed by atoms with E-state index in [-0.39, 0.29) is 11.4 Å². The first-order valence-corrected chi connectivity index (χ1v) is 8.34. The molecule has 2 rings (SSSR count). The first-order chi connectivity index (χ1) is 13.0. The van der Waals surface area contributed by atoms with Crippen molar-refractivity contribution in [3.05, 3.63) is 58.4 Å². The molecule has 9 nitrogen and oxygen atoms in total. The number of nitro benzene ring substituents is 1. The molecule has 0 radical (unpaired) electrons. The van der Waals surface area contributed by atoms with Crippen LogP contribution in [0.5, 0.6) is 5.75 Å². The van der Waals surface area contributed by atoms with Gasteiger partial charge in [0.25, 0.3) is 5.69 Å². The van der Waals surface area contributed by atoms with Crippen molar-refractivity contribution in [2.45, 2.75) is 26.4 Å². The molecule has 0 aliphatic carbocycles. The third-order valence-corrected chi connectivity index (χ3v) is 3.34. The van der Waals surface area contributed by atoms with Gasteiger partial charge in [-0.25, -0.2) is 9.59 Å². The van der Waals surface area contributed by atoms with Crippen LogP contribution in [-0.2, 0) is 16.6 Å². The molecule has 0 aliphatic heterocycles. The van der Waals surface area contributed by atoms with Crippen LogP contribution in [0.3, 0.4) is 0 Å². The van der Waals surface area contributed by atoms with Crippen LogP contribution in [0.4, 0.5) is 16.2 Å². The van der Waals surface area contributed by atoms with E-state index in [2.05, 4.69) is 5.32 Å². The first kappa shape index (κ1) is 20.7. The van der Waals surface area contributed by atoms with E-state index >= 15 is 0 Å². The normalized spacial score (nSPS) is 11.3. The molecule has 1 aromatic carbocycles. The summed E-state index contributed by atoms with van der Waals surface area (Å²) in [7, 11) is 1.75. The Morgan fingerprint density at radius 3 is 2.43 bits per heavy atom. The molecule has 0 saturated carbocycles. The van der Waals surface area contributed by atoms with Crippen LogP contribution in [0, 0.1) is 10.1 Å². The fraction of sp³-hybridized carbons (Fsp3) is 0.263. The highest BCUT2D eigenvalue weighted by atomic mass is 16.6. The number of nitrogens with one attached hydrogen (secondary N) is 1. The molecule has 1 amide bonds. The van der Waals surface area contributed by atoms with Crippen LogP contribution in [0.25, 0.3) is 6.08 Å². The van der Waals surface area contributed by atoms with Gasteiger partial charge in [-0.1, -0.05) is 0 Å². The quantitative estimate of drug-likeness (QED) is 0.274. The summed E-state index contributed by atoms with van der Waals surface area (Å²) in [6, 6.07) is 6.85. The molecule has 9 heteroatoms. The number of amides is 1. The Kier molecular flexibility index (Phi) is 6.19. The monoisotopic (exact) mass is 387 g/mol. The van der Waals surface area contributed by atoms with E-state index < -0.39 is 22.6 Å². The number of carbonyl (C=O) groups excluding carboxylic acids is 2. The first-order valence-electron chi connectivity index (χ1n) is 8.34. The van der Waals surface area contributed by atoms with E-state index in [9.17, 15) is 19.7 Å². The number of nitro groups is 1. The maximum absolute atomic E-state index is 11.9. The number of ether oxygens (including phenoxy) is 2. The molecule has 2 aromatic rings. The van der Waals surface area contributed by atoms with Gasteiger partial charge in [0.2, 0.25) is 0 Å². The van der Waals surface area contributed by atoms with Gasteiger partial charge in [0, 0.05) is 37.1 Å². The van der Waals surface area contributed by atoms with E-state index in [1.54, 1.807) is 44.6 Å². The predicted octanol–water partition coefficient (Wildman–Crippen LogP) is 3.90. The Balaban J connectivity index is 1.97. The van der Waals surface area contributed by atoms with Gasteiger partial charge in [-0.05, 0) is 45.0 Å². The predicted molar refractivity (Wildman–Crippen MR) is 103 cm³/mol. The summed E-state index contributed by atoms with van der Waals surface area (Å²) in [5.74, 6) is -0.448. The van der Waals surface area contributed by atoms with Crippen molar-refractivity contribution in [2.75, 3.05) is 5.32 Å². The molecule has 0 bridgehead atoms. The van der Waals surface area contributed by atoms with Gasteiger partial charge in [0.15, 0.2) is 0 Å². The second-order valence-electron chi connectivity index (χ2n) is 6.90. The summed E-state index contributed by atoms with van der Waals surface area (Å²) in [4.78, 5) is 33.8. The van der Waals surface area contributed by atoms with Gasteiger partial charge in [-0.2, -0.15) is 0 Å². The van der Waals surface area contributed by atoms with Crippen LogP contribution >= 0.6 is 0 Å². The average Bonchev–Trinajstić information content (AvgIpc) is 2.91. The minimum atomic E-state index is -0.642. The third kappa shape index (κ3) is 6.27. The fourth-order valence-electron chi connectivity index (χ4n) is 2.18. The summed E-state index contributed by atoms with van der Waals surface area (Å²) in [5.41, 5.74) is 0.458. The van der Waals surface area contributed by atoms with E-state index in [1.165, 1.54) is 36.4 Å². The highest BCUT2D eigenvalue weighted by Crippen LogP contribution is 2.19. The number of hydrogen-bond donors (Lipinski definition) is 1. The van der Waals surface area contributed by atoms with Crippen molar-refractivity contribution in [1.82, 2.24) is 4.57 Å². The molecule has 0 aliphatic rings. The van der Waals surface area contributed by atoms with E-state index in [0.717, 1.165) is 0 Å². The Morgan fingerprint density at radius 1 is 1.21 bits per heavy atom. The average molecular weight is 387 g/mol. The SMILES string of the molecule is Cn1cc(NC(=O)OC(C)(C)C)cc1/C=C/C(=O)Oc1ccc([N+](=O)[O-])cc1. The third-order valence-electron chi connectivity index (χ3n) is 3.34. The van der Waals surface area contributed by atoms with E-state index in [0.29, 0.717) is 11.4 Å². The molecule has 148 valence electrons. The van der Waals surface area contributed by atoms with Gasteiger partial charge in [0.05, 0.1) is 10.6 Å². The lowest BCUT2D eigenvalue weighted by molar-refractivity contribution is -0.384. The number of esters is 1. The van der Waals surface area contributed by atoms with E-state index in [4.69, 9.17) is 9.47 Å². The van der Waals surface area contributed by atoms with Gasteiger partial charge >= 0.3 is 12.1 Å².